The molecule has 0 amide bonds. The average molecular weight is 620 g/mol. The second kappa shape index (κ2) is 15.8. The van der Waals surface area contributed by atoms with Gasteiger partial charge in [-0.2, -0.15) is 24.6 Å². The molecule has 0 bridgehead atoms. The first-order chi connectivity index (χ1) is 20.1. The van der Waals surface area contributed by atoms with Crippen molar-refractivity contribution in [2.75, 3.05) is 14.1 Å². The zero-order chi connectivity index (χ0) is 28.4. The van der Waals surface area contributed by atoms with Gasteiger partial charge < -0.3 is 4.90 Å². The van der Waals surface area contributed by atoms with Crippen molar-refractivity contribution in [3.8, 4) is 0 Å². The maximum Gasteiger partial charge on any atom is 2.00 e. The molecule has 1 radical (unpaired) electrons. The summed E-state index contributed by atoms with van der Waals surface area (Å²) in [6.07, 6.45) is 18.3. The van der Waals surface area contributed by atoms with Crippen LogP contribution >= 0.6 is 15.8 Å². The van der Waals surface area contributed by atoms with Crippen molar-refractivity contribution in [2.45, 2.75) is 13.0 Å². The Labute approximate surface area is 264 Å². The van der Waals surface area contributed by atoms with Crippen molar-refractivity contribution in [1.29, 1.82) is 0 Å². The molecule has 1 nitrogen and oxygen atoms in total. The Bertz CT molecular complexity index is 1620. The Hall–Kier alpha value is -3.31. The summed E-state index contributed by atoms with van der Waals surface area (Å²) in [5.74, 6) is 0. The third-order valence-corrected chi connectivity index (χ3v) is 11.7. The van der Waals surface area contributed by atoms with Gasteiger partial charge in [0.2, 0.25) is 0 Å². The van der Waals surface area contributed by atoms with Gasteiger partial charge in [-0.3, -0.25) is 11.5 Å². The van der Waals surface area contributed by atoms with Crippen LogP contribution in [-0.2, 0) is 17.1 Å². The first kappa shape index (κ1) is 31.6. The number of benzene rings is 3. The van der Waals surface area contributed by atoms with Crippen molar-refractivity contribution >= 4 is 31.8 Å². The van der Waals surface area contributed by atoms with Crippen LogP contribution in [0.2, 0.25) is 0 Å². The summed E-state index contributed by atoms with van der Waals surface area (Å²) >= 11 is 0. The van der Waals surface area contributed by atoms with Crippen LogP contribution in [0.25, 0.3) is 0 Å². The van der Waals surface area contributed by atoms with E-state index in [-0.39, 0.29) is 17.1 Å². The van der Waals surface area contributed by atoms with E-state index in [1.807, 2.05) is 12.1 Å². The molecule has 6 rings (SSSR count). The first-order valence-corrected chi connectivity index (χ1v) is 16.3. The first-order valence-electron chi connectivity index (χ1n) is 13.7. The molecule has 0 aliphatic heterocycles. The zero-order valence-electron chi connectivity index (χ0n) is 24.0. The summed E-state index contributed by atoms with van der Waals surface area (Å²) in [5.41, 5.74) is 13.6. The van der Waals surface area contributed by atoms with E-state index < -0.39 is 15.8 Å². The number of hydrogen-bond donors (Lipinski definition) is 0. The van der Waals surface area contributed by atoms with Crippen molar-refractivity contribution in [1.82, 2.24) is 4.90 Å². The quantitative estimate of drug-likeness (QED) is 0.107. The molecular weight excluding hydrogens is 588 g/mol. The summed E-state index contributed by atoms with van der Waals surface area (Å²) in [5, 5.41) is 7.86. The minimum absolute atomic E-state index is 0. The van der Waals surface area contributed by atoms with Crippen LogP contribution in [-0.4, -0.2) is 25.0 Å². The van der Waals surface area contributed by atoms with Gasteiger partial charge in [-0.25, -0.2) is 5.73 Å². The van der Waals surface area contributed by atoms with Crippen LogP contribution in [0.3, 0.4) is 0 Å². The molecule has 207 valence electrons. The van der Waals surface area contributed by atoms with Gasteiger partial charge in [-0.05, 0) is 70.2 Å². The second-order valence-corrected chi connectivity index (χ2v) is 14.1. The molecular formula is C38H32FeNP2. The number of rotatable bonds is 8. The molecule has 0 aromatic heterocycles. The van der Waals surface area contributed by atoms with Crippen molar-refractivity contribution < 1.29 is 17.1 Å². The fourth-order valence-electron chi connectivity index (χ4n) is 4.63. The van der Waals surface area contributed by atoms with E-state index in [1.54, 1.807) is 0 Å². The van der Waals surface area contributed by atoms with E-state index in [0.29, 0.717) is 6.04 Å². The Kier molecular flexibility index (Phi) is 11.9. The molecule has 0 spiro atoms. The van der Waals surface area contributed by atoms with Gasteiger partial charge in [-0.1, -0.05) is 96.3 Å². The van der Waals surface area contributed by atoms with Gasteiger partial charge in [0.15, 0.2) is 0 Å². The Balaban J connectivity index is 0.000000193. The van der Waals surface area contributed by atoms with E-state index in [4.69, 9.17) is 0 Å². The maximum absolute atomic E-state index is 3.48. The summed E-state index contributed by atoms with van der Waals surface area (Å²) in [4.78, 5) is 2.25. The topological polar surface area (TPSA) is 3.24 Å². The van der Waals surface area contributed by atoms with Gasteiger partial charge in [-0.15, -0.1) is 23.5 Å². The van der Waals surface area contributed by atoms with Crippen molar-refractivity contribution in [3.05, 3.63) is 185 Å². The molecule has 0 heterocycles. The fourth-order valence-corrected chi connectivity index (χ4v) is 9.23. The van der Waals surface area contributed by atoms with Gasteiger partial charge in [0, 0.05) is 11.6 Å². The monoisotopic (exact) mass is 620 g/mol. The predicted molar refractivity (Wildman–Crippen MR) is 178 cm³/mol. The molecule has 1 unspecified atom stereocenters. The van der Waals surface area contributed by atoms with Crippen LogP contribution in [0.15, 0.2) is 166 Å². The van der Waals surface area contributed by atoms with Crippen LogP contribution in [0.1, 0.15) is 6.92 Å². The Morgan fingerprint density at radius 2 is 1.36 bits per heavy atom. The molecule has 3 aromatic rings. The molecule has 3 aliphatic carbocycles. The van der Waals surface area contributed by atoms with Gasteiger partial charge in [0.1, 0.15) is 0 Å². The predicted octanol–water partition coefficient (Wildman–Crippen LogP) is 7.87. The molecule has 3 aromatic carbocycles. The SMILES string of the molecule is C1=C=[C-]C(P(c2ccccc2)c2ccccc2)=C=1.C[C@@H](C1=C=CC=C1P(C1=C[CH]C=C[CH-]1)c1ccccc1)N(C)C.[Fe+2]. The summed E-state index contributed by atoms with van der Waals surface area (Å²) in [6.45, 7) is 2.25. The molecule has 0 saturated carbocycles. The molecule has 3 aliphatic rings. The van der Waals surface area contributed by atoms with E-state index >= 15 is 0 Å². The summed E-state index contributed by atoms with van der Waals surface area (Å²) in [6, 6.07) is 32.2. The molecule has 4 heteroatoms. The van der Waals surface area contributed by atoms with E-state index in [9.17, 15) is 0 Å². The van der Waals surface area contributed by atoms with E-state index in [2.05, 4.69) is 177 Å². The molecule has 0 N–H and O–H groups in total. The smallest absolute Gasteiger partial charge is 0.302 e. The van der Waals surface area contributed by atoms with E-state index in [0.717, 1.165) is 5.31 Å². The van der Waals surface area contributed by atoms with Crippen molar-refractivity contribution in [2.24, 2.45) is 0 Å². The molecule has 0 fully saturated rings. The number of allylic oxidation sites excluding steroid dienone is 7. The second-order valence-electron chi connectivity index (χ2n) is 9.78. The largest absolute Gasteiger partial charge is 2.00 e. The molecule has 0 saturated heterocycles. The minimum atomic E-state index is -0.583. The van der Waals surface area contributed by atoms with Gasteiger partial charge >= 0.3 is 17.1 Å². The van der Waals surface area contributed by atoms with Gasteiger partial charge in [0.25, 0.3) is 0 Å². The number of nitrogens with zero attached hydrogens (tertiary/aromatic N) is 1. The van der Waals surface area contributed by atoms with Crippen LogP contribution in [0.4, 0.5) is 0 Å². The van der Waals surface area contributed by atoms with Gasteiger partial charge in [0.05, 0.1) is 0 Å². The third-order valence-electron chi connectivity index (χ3n) is 6.89. The third kappa shape index (κ3) is 7.74. The molecule has 42 heavy (non-hydrogen) atoms. The normalized spacial score (nSPS) is 15.6. The minimum Gasteiger partial charge on any atom is -0.302 e. The standard InChI is InChI=1S/C21H22NP.C17H10P.Fe/c1-17(22(2)3)20-15-10-16-21(20)23(18-11-6-4-7-12-18)19-13-8-5-9-14-19;1-3-9-15(10-4-1)18(17-13-7-8-14-17)16-11-5-2-6-12-16;/h4-14,16-17H,1-3H3;1-6,9-12H;/q2*-1;+2/t17-;;/m0../s1. The van der Waals surface area contributed by atoms with E-state index in [1.165, 1.54) is 32.1 Å². The zero-order valence-corrected chi connectivity index (χ0v) is 26.9. The fraction of sp³-hybridized carbons (Fsp3) is 0.105. The average Bonchev–Trinajstić information content (AvgIpc) is 3.73. The van der Waals surface area contributed by atoms with Crippen LogP contribution in [0, 0.1) is 18.9 Å². The van der Waals surface area contributed by atoms with Crippen LogP contribution < -0.4 is 15.9 Å². The molecule has 2 atom stereocenters. The maximum atomic E-state index is 3.48. The number of hydrogen-bond acceptors (Lipinski definition) is 1. The number of likely N-dealkylation sites (N-methyl/N-ethyl adjacent to an activating group) is 1. The summed E-state index contributed by atoms with van der Waals surface area (Å²) in [7, 11) is 3.13. The Morgan fingerprint density at radius 3 is 1.83 bits per heavy atom. The van der Waals surface area contributed by atoms with Crippen molar-refractivity contribution in [3.63, 3.8) is 0 Å². The van der Waals surface area contributed by atoms with Crippen LogP contribution in [0.5, 0.6) is 0 Å². The Morgan fingerprint density at radius 1 is 0.786 bits per heavy atom. The summed E-state index contributed by atoms with van der Waals surface area (Å²) < 4.78 is 0.